The Bertz CT molecular complexity index is 2770. The van der Waals surface area contributed by atoms with Crippen LogP contribution in [-0.2, 0) is 9.47 Å². The third-order valence-electron chi connectivity index (χ3n) is 12.9. The molecule has 6 rings (SSSR count). The molecule has 4 N–H and O–H groups in total. The molecule has 0 saturated carbocycles. The van der Waals surface area contributed by atoms with E-state index in [1.807, 2.05) is 0 Å². The maximum absolute atomic E-state index is 13.0. The van der Waals surface area contributed by atoms with Gasteiger partial charge in [-0.1, -0.05) is 108 Å². The van der Waals surface area contributed by atoms with Crippen molar-refractivity contribution in [1.29, 1.82) is 0 Å². The van der Waals surface area contributed by atoms with Gasteiger partial charge in [0.1, 0.15) is 23.0 Å². The number of esters is 4. The lowest BCUT2D eigenvalue weighted by Gasteiger charge is -2.08. The first-order chi connectivity index (χ1) is 38.1. The van der Waals surface area contributed by atoms with Crippen LogP contribution in [-0.4, -0.2) is 56.1 Å². The van der Waals surface area contributed by atoms with Crippen LogP contribution >= 0.6 is 0 Å². The summed E-state index contributed by atoms with van der Waals surface area (Å²) in [6, 6.07) is 40.5. The lowest BCUT2D eigenvalue weighted by molar-refractivity contribution is 0.0488. The second-order valence-electron chi connectivity index (χ2n) is 19.2. The summed E-state index contributed by atoms with van der Waals surface area (Å²) in [4.78, 5) is 62.8. The Morgan fingerprint density at radius 1 is 0.308 bits per heavy atom. The maximum Gasteiger partial charge on any atom is 0.343 e. The highest BCUT2D eigenvalue weighted by Crippen LogP contribution is 2.22. The standard InChI is InChI=1S/C65H74N2O11/c66-55-32-22-51(23-33-55)62(69)75-47-17-13-9-5-1-3-7-11-15-45-73-57-38-28-53(29-39-57)64(71)77-59-36-19-49(20-37-59)21-44-61(68)50-26-42-60(43-27-50)78-65(72)54-30-40-58(41-31-54)74-46-16-12-8-4-2-6-10-14-18-48-76-63(70)52-24-34-56(67)35-25-52/h19-44H,1-18,45-48,66-67H2/b44-21+. The van der Waals surface area contributed by atoms with Gasteiger partial charge < -0.3 is 39.9 Å². The van der Waals surface area contributed by atoms with Crippen molar-refractivity contribution >= 4 is 47.1 Å². The SMILES string of the molecule is Nc1ccc(C(=O)OCCCCCCCCCCCOc2ccc(C(=O)Oc3ccc(/C=C/C(=O)c4ccc(OC(=O)c5ccc(OCCCCCCCCCCCOC(=O)c6ccc(N)cc6)cc5)cc4)cc3)cc2)cc1. The highest BCUT2D eigenvalue weighted by Gasteiger charge is 2.13. The number of ketones is 1. The average Bonchev–Trinajstić information content (AvgIpc) is 3.46. The van der Waals surface area contributed by atoms with Gasteiger partial charge in [-0.2, -0.15) is 0 Å². The zero-order chi connectivity index (χ0) is 55.0. The summed E-state index contributed by atoms with van der Waals surface area (Å²) in [5.41, 5.74) is 15.6. The smallest absolute Gasteiger partial charge is 0.343 e. The van der Waals surface area contributed by atoms with E-state index in [9.17, 15) is 24.0 Å². The van der Waals surface area contributed by atoms with E-state index in [4.69, 9.17) is 39.9 Å². The minimum absolute atomic E-state index is 0.229. The highest BCUT2D eigenvalue weighted by molar-refractivity contribution is 6.07. The molecular weight excluding hydrogens is 985 g/mol. The fourth-order valence-electron chi connectivity index (χ4n) is 8.31. The normalized spacial score (nSPS) is 11.0. The van der Waals surface area contributed by atoms with Crippen LogP contribution in [0.4, 0.5) is 11.4 Å². The summed E-state index contributed by atoms with van der Waals surface area (Å²) < 4.78 is 33.6. The second-order valence-corrected chi connectivity index (χ2v) is 19.2. The fraction of sp³-hybridized carbons (Fsp3) is 0.338. The number of carbonyl (C=O) groups is 5. The molecule has 13 heteroatoms. The first-order valence-electron chi connectivity index (χ1n) is 27.5. The van der Waals surface area contributed by atoms with Crippen molar-refractivity contribution in [1.82, 2.24) is 0 Å². The van der Waals surface area contributed by atoms with Crippen molar-refractivity contribution in [2.75, 3.05) is 37.9 Å². The van der Waals surface area contributed by atoms with E-state index < -0.39 is 11.9 Å². The van der Waals surface area contributed by atoms with Crippen molar-refractivity contribution in [3.63, 3.8) is 0 Å². The molecule has 0 aliphatic carbocycles. The van der Waals surface area contributed by atoms with Gasteiger partial charge in [-0.25, -0.2) is 19.2 Å². The Morgan fingerprint density at radius 2 is 0.590 bits per heavy atom. The van der Waals surface area contributed by atoms with Crippen LogP contribution < -0.4 is 30.4 Å². The van der Waals surface area contributed by atoms with E-state index in [1.165, 1.54) is 44.6 Å². The summed E-state index contributed by atoms with van der Waals surface area (Å²) in [6.07, 6.45) is 22.6. The molecule has 0 saturated heterocycles. The Labute approximate surface area is 459 Å². The van der Waals surface area contributed by atoms with Crippen molar-refractivity contribution < 1.29 is 52.4 Å². The molecule has 78 heavy (non-hydrogen) atoms. The predicted octanol–water partition coefficient (Wildman–Crippen LogP) is 14.7. The summed E-state index contributed by atoms with van der Waals surface area (Å²) in [6.45, 7) is 2.07. The van der Waals surface area contributed by atoms with E-state index in [1.54, 1.807) is 152 Å². The third kappa shape index (κ3) is 22.2. The summed E-state index contributed by atoms with van der Waals surface area (Å²) >= 11 is 0. The molecule has 0 bridgehead atoms. The number of hydrogen-bond acceptors (Lipinski definition) is 13. The molecule has 0 aromatic heterocycles. The Kier molecular flexibility index (Phi) is 25.6. The van der Waals surface area contributed by atoms with E-state index in [0.29, 0.717) is 88.6 Å². The number of rotatable bonds is 35. The number of nitrogen functional groups attached to an aromatic ring is 2. The topological polar surface area (TPSA) is 193 Å². The van der Waals surface area contributed by atoms with Gasteiger partial charge in [0, 0.05) is 16.9 Å². The molecule has 0 aliphatic heterocycles. The maximum atomic E-state index is 13.0. The quantitative estimate of drug-likeness (QED) is 0.00954. The molecule has 0 unspecified atom stereocenters. The Hall–Kier alpha value is -8.19. The van der Waals surface area contributed by atoms with Crippen molar-refractivity contribution in [3.8, 4) is 23.0 Å². The van der Waals surface area contributed by atoms with E-state index in [-0.39, 0.29) is 17.7 Å². The molecular formula is C65H74N2O11. The second kappa shape index (κ2) is 33.8. The zero-order valence-corrected chi connectivity index (χ0v) is 44.7. The zero-order valence-electron chi connectivity index (χ0n) is 44.7. The van der Waals surface area contributed by atoms with Gasteiger partial charge in [-0.15, -0.1) is 0 Å². The molecule has 0 atom stereocenters. The molecule has 6 aromatic carbocycles. The van der Waals surface area contributed by atoms with E-state index >= 15 is 0 Å². The van der Waals surface area contributed by atoms with Gasteiger partial charge in [-0.05, 0) is 171 Å². The predicted molar refractivity (Wildman–Crippen MR) is 305 cm³/mol. The number of unbranched alkanes of at least 4 members (excludes halogenated alkanes) is 16. The molecule has 0 radical (unpaired) electrons. The monoisotopic (exact) mass is 1060 g/mol. The first kappa shape index (κ1) is 59.1. The Balaban J connectivity index is 0.756. The summed E-state index contributed by atoms with van der Waals surface area (Å²) in [5, 5.41) is 0. The van der Waals surface area contributed by atoms with Crippen molar-refractivity contribution in [2.45, 2.75) is 116 Å². The third-order valence-corrected chi connectivity index (χ3v) is 12.9. The molecule has 0 fully saturated rings. The average molecular weight is 1060 g/mol. The van der Waals surface area contributed by atoms with Crippen LogP contribution in [0.1, 0.15) is 173 Å². The molecule has 0 aliphatic rings. The van der Waals surface area contributed by atoms with Gasteiger partial charge in [0.05, 0.1) is 48.7 Å². The van der Waals surface area contributed by atoms with Crippen LogP contribution in [0.25, 0.3) is 6.08 Å². The minimum Gasteiger partial charge on any atom is -0.494 e. The van der Waals surface area contributed by atoms with Crippen LogP contribution in [0.2, 0.25) is 0 Å². The van der Waals surface area contributed by atoms with Gasteiger partial charge in [0.2, 0.25) is 0 Å². The van der Waals surface area contributed by atoms with Gasteiger partial charge >= 0.3 is 23.9 Å². The fourth-order valence-corrected chi connectivity index (χ4v) is 8.31. The van der Waals surface area contributed by atoms with Crippen molar-refractivity contribution in [3.05, 3.63) is 185 Å². The molecule has 410 valence electrons. The van der Waals surface area contributed by atoms with Crippen LogP contribution in [0.5, 0.6) is 23.0 Å². The van der Waals surface area contributed by atoms with Gasteiger partial charge in [0.15, 0.2) is 5.78 Å². The van der Waals surface area contributed by atoms with Crippen LogP contribution in [0.3, 0.4) is 0 Å². The number of ether oxygens (including phenoxy) is 6. The lowest BCUT2D eigenvalue weighted by atomic mass is 10.1. The van der Waals surface area contributed by atoms with E-state index in [0.717, 1.165) is 82.6 Å². The Morgan fingerprint density at radius 3 is 0.962 bits per heavy atom. The summed E-state index contributed by atoms with van der Waals surface area (Å²) in [7, 11) is 0. The molecule has 0 amide bonds. The highest BCUT2D eigenvalue weighted by atomic mass is 16.5. The summed E-state index contributed by atoms with van der Waals surface area (Å²) in [5.74, 6) is 0.210. The number of benzene rings is 6. The first-order valence-corrected chi connectivity index (χ1v) is 27.5. The largest absolute Gasteiger partial charge is 0.494 e. The number of nitrogens with two attached hydrogens (primary N) is 2. The lowest BCUT2D eigenvalue weighted by Crippen LogP contribution is -2.08. The minimum atomic E-state index is -0.518. The number of hydrogen-bond donors (Lipinski definition) is 2. The number of allylic oxidation sites excluding steroid dienone is 1. The van der Waals surface area contributed by atoms with Gasteiger partial charge in [0.25, 0.3) is 0 Å². The van der Waals surface area contributed by atoms with Crippen molar-refractivity contribution in [2.24, 2.45) is 0 Å². The number of anilines is 2. The molecule has 0 spiro atoms. The molecule has 13 nitrogen and oxygen atoms in total. The van der Waals surface area contributed by atoms with Crippen LogP contribution in [0.15, 0.2) is 152 Å². The van der Waals surface area contributed by atoms with Gasteiger partial charge in [-0.3, -0.25) is 4.79 Å². The number of carbonyl (C=O) groups excluding carboxylic acids is 5. The van der Waals surface area contributed by atoms with Crippen LogP contribution in [0, 0.1) is 0 Å². The van der Waals surface area contributed by atoms with E-state index in [2.05, 4.69) is 0 Å². The molecule has 6 aromatic rings. The molecule has 0 heterocycles.